The Balaban J connectivity index is 1.53. The lowest BCUT2D eigenvalue weighted by Crippen LogP contribution is -2.36. The quantitative estimate of drug-likeness (QED) is 0.469. The molecule has 2 N–H and O–H groups in total. The van der Waals surface area contributed by atoms with E-state index in [9.17, 15) is 19.2 Å². The molecule has 0 bridgehead atoms. The zero-order valence-electron chi connectivity index (χ0n) is 15.7. The maximum Gasteiger partial charge on any atom is 0.349 e. The lowest BCUT2D eigenvalue weighted by Gasteiger charge is -2.04. The fourth-order valence-electron chi connectivity index (χ4n) is 3.10. The second-order valence-corrected chi connectivity index (χ2v) is 6.58. The molecular formula is C19H17N5O5. The largest absolute Gasteiger partial charge is 0.422 e. The Hall–Kier alpha value is -3.95. The number of carbonyl (C=O) groups is 1. The van der Waals surface area contributed by atoms with Crippen LogP contribution in [0.2, 0.25) is 0 Å². The number of imidazole rings is 1. The molecule has 4 rings (SSSR count). The summed E-state index contributed by atoms with van der Waals surface area (Å²) in [4.78, 5) is 55.7. The zero-order chi connectivity index (χ0) is 20.7. The minimum atomic E-state index is -0.719. The summed E-state index contributed by atoms with van der Waals surface area (Å²) >= 11 is 0. The molecule has 0 saturated carbocycles. The lowest BCUT2D eigenvalue weighted by molar-refractivity contribution is 0.0950. The molecule has 1 aromatic carbocycles. The van der Waals surface area contributed by atoms with Gasteiger partial charge in [-0.3, -0.25) is 18.7 Å². The van der Waals surface area contributed by atoms with Crippen molar-refractivity contribution in [3.63, 3.8) is 0 Å². The van der Waals surface area contributed by atoms with Gasteiger partial charge in [0.15, 0.2) is 5.65 Å². The second kappa shape index (κ2) is 6.89. The van der Waals surface area contributed by atoms with Crippen molar-refractivity contribution < 1.29 is 9.21 Å². The van der Waals surface area contributed by atoms with Crippen molar-refractivity contribution in [1.82, 2.24) is 24.4 Å². The molecular weight excluding hydrogens is 378 g/mol. The molecule has 10 heteroatoms. The predicted molar refractivity (Wildman–Crippen MR) is 105 cm³/mol. The Bertz CT molecular complexity index is 1440. The number of nitrogens with zero attached hydrogens (tertiary/aromatic N) is 3. The van der Waals surface area contributed by atoms with E-state index in [1.165, 1.54) is 24.7 Å². The molecule has 0 aliphatic rings. The third-order valence-corrected chi connectivity index (χ3v) is 4.68. The van der Waals surface area contributed by atoms with Gasteiger partial charge in [-0.05, 0) is 12.1 Å². The minimum Gasteiger partial charge on any atom is -0.422 e. The summed E-state index contributed by atoms with van der Waals surface area (Å²) in [6.07, 6.45) is 0.274. The van der Waals surface area contributed by atoms with Crippen LogP contribution in [0.5, 0.6) is 0 Å². The molecule has 3 heterocycles. The van der Waals surface area contributed by atoms with Crippen molar-refractivity contribution >= 4 is 28.0 Å². The zero-order valence-corrected chi connectivity index (χ0v) is 15.7. The number of aryl methyl sites for hydroxylation is 1. The highest BCUT2D eigenvalue weighted by Crippen LogP contribution is 2.12. The number of hydrogen-bond acceptors (Lipinski definition) is 6. The Morgan fingerprint density at radius 2 is 1.93 bits per heavy atom. The number of nitrogens with one attached hydrogen (secondary N) is 2. The topological polar surface area (TPSA) is 132 Å². The Kier molecular flexibility index (Phi) is 4.38. The van der Waals surface area contributed by atoms with Gasteiger partial charge in [-0.1, -0.05) is 18.2 Å². The van der Waals surface area contributed by atoms with Crippen molar-refractivity contribution in [2.45, 2.75) is 6.42 Å². The third-order valence-electron chi connectivity index (χ3n) is 4.68. The molecule has 0 fully saturated rings. The highest BCUT2D eigenvalue weighted by molar-refractivity contribution is 5.96. The molecule has 0 spiro atoms. The van der Waals surface area contributed by atoms with Crippen LogP contribution in [0.3, 0.4) is 0 Å². The van der Waals surface area contributed by atoms with Gasteiger partial charge in [-0.15, -0.1) is 0 Å². The molecule has 148 valence electrons. The third kappa shape index (κ3) is 3.14. The van der Waals surface area contributed by atoms with Gasteiger partial charge in [-0.25, -0.2) is 14.6 Å². The van der Waals surface area contributed by atoms with Gasteiger partial charge in [0.25, 0.3) is 11.5 Å². The number of fused-ring (bicyclic) bond motifs is 2. The SMILES string of the molecule is Cn1c(=O)c2[nH]c(CCNC(=O)c3cc4ccccc4oc3=O)nc2n(C)c1=O. The summed E-state index contributed by atoms with van der Waals surface area (Å²) in [7, 11) is 2.91. The Morgan fingerprint density at radius 1 is 1.17 bits per heavy atom. The highest BCUT2D eigenvalue weighted by atomic mass is 16.4. The van der Waals surface area contributed by atoms with Gasteiger partial charge in [0.1, 0.15) is 22.5 Å². The van der Waals surface area contributed by atoms with Crippen LogP contribution >= 0.6 is 0 Å². The maximum atomic E-state index is 12.4. The molecule has 0 aliphatic heterocycles. The summed E-state index contributed by atoms with van der Waals surface area (Å²) in [5.41, 5.74) is -0.895. The summed E-state index contributed by atoms with van der Waals surface area (Å²) in [6, 6.07) is 8.40. The fraction of sp³-hybridized carbons (Fsp3) is 0.211. The first-order valence-electron chi connectivity index (χ1n) is 8.82. The first-order valence-corrected chi connectivity index (χ1v) is 8.82. The van der Waals surface area contributed by atoms with Gasteiger partial charge in [0.2, 0.25) is 0 Å². The van der Waals surface area contributed by atoms with E-state index in [0.717, 1.165) is 4.57 Å². The van der Waals surface area contributed by atoms with E-state index >= 15 is 0 Å². The number of hydrogen-bond donors (Lipinski definition) is 2. The van der Waals surface area contributed by atoms with Crippen LogP contribution < -0.4 is 22.2 Å². The van der Waals surface area contributed by atoms with E-state index in [-0.39, 0.29) is 29.7 Å². The van der Waals surface area contributed by atoms with E-state index in [2.05, 4.69) is 15.3 Å². The summed E-state index contributed by atoms with van der Waals surface area (Å²) in [6.45, 7) is 0.166. The highest BCUT2D eigenvalue weighted by Gasteiger charge is 2.15. The number of aromatic nitrogens is 4. The second-order valence-electron chi connectivity index (χ2n) is 6.58. The molecule has 0 radical (unpaired) electrons. The average Bonchev–Trinajstić information content (AvgIpc) is 3.14. The van der Waals surface area contributed by atoms with Crippen molar-refractivity contribution in [3.05, 3.63) is 73.0 Å². The fourth-order valence-corrected chi connectivity index (χ4v) is 3.10. The standard InChI is InChI=1S/C19H17N5O5/c1-23-15-14(17(26)24(2)19(23)28)21-13(22-15)7-8-20-16(25)11-9-10-5-3-4-6-12(10)29-18(11)27/h3-6,9H,7-8H2,1-2H3,(H,20,25)(H,21,22). The van der Waals surface area contributed by atoms with Gasteiger partial charge >= 0.3 is 11.3 Å². The van der Waals surface area contributed by atoms with Crippen molar-refractivity contribution in [2.24, 2.45) is 14.1 Å². The number of H-pyrrole nitrogens is 1. The summed E-state index contributed by atoms with van der Waals surface area (Å²) < 4.78 is 7.43. The Labute approximate surface area is 162 Å². The van der Waals surface area contributed by atoms with Crippen LogP contribution in [0.15, 0.2) is 49.1 Å². The van der Waals surface area contributed by atoms with E-state index in [1.807, 2.05) is 0 Å². The van der Waals surface area contributed by atoms with E-state index in [1.54, 1.807) is 24.3 Å². The van der Waals surface area contributed by atoms with Crippen LogP contribution in [0.25, 0.3) is 22.1 Å². The first-order chi connectivity index (χ1) is 13.9. The number of benzene rings is 1. The number of para-hydroxylation sites is 1. The molecule has 1 amide bonds. The van der Waals surface area contributed by atoms with Crippen LogP contribution in [0, 0.1) is 0 Å². The molecule has 0 aliphatic carbocycles. The molecule has 0 atom stereocenters. The van der Waals surface area contributed by atoms with E-state index in [0.29, 0.717) is 16.8 Å². The van der Waals surface area contributed by atoms with Crippen LogP contribution in [0.1, 0.15) is 16.2 Å². The average molecular weight is 395 g/mol. The molecule has 10 nitrogen and oxygen atoms in total. The summed E-state index contributed by atoms with van der Waals surface area (Å²) in [5.74, 6) is -0.131. The normalized spacial score (nSPS) is 11.2. The van der Waals surface area contributed by atoms with Crippen molar-refractivity contribution in [1.29, 1.82) is 0 Å². The molecule has 4 aromatic rings. The van der Waals surface area contributed by atoms with Crippen LogP contribution in [0.4, 0.5) is 0 Å². The monoisotopic (exact) mass is 395 g/mol. The van der Waals surface area contributed by atoms with Gasteiger partial charge in [0, 0.05) is 32.4 Å². The predicted octanol–water partition coefficient (Wildman–Crippen LogP) is 0.0392. The Morgan fingerprint density at radius 3 is 2.72 bits per heavy atom. The first kappa shape index (κ1) is 18.4. The number of carbonyl (C=O) groups excluding carboxylic acids is 1. The summed E-state index contributed by atoms with van der Waals surface area (Å²) in [5, 5.41) is 3.28. The van der Waals surface area contributed by atoms with Crippen LogP contribution in [-0.2, 0) is 20.5 Å². The van der Waals surface area contributed by atoms with Crippen molar-refractivity contribution in [3.8, 4) is 0 Å². The van der Waals surface area contributed by atoms with Gasteiger partial charge < -0.3 is 14.7 Å². The van der Waals surface area contributed by atoms with Gasteiger partial charge in [-0.2, -0.15) is 0 Å². The molecule has 3 aromatic heterocycles. The van der Waals surface area contributed by atoms with E-state index < -0.39 is 22.8 Å². The van der Waals surface area contributed by atoms with Crippen LogP contribution in [-0.4, -0.2) is 31.6 Å². The smallest absolute Gasteiger partial charge is 0.349 e. The number of rotatable bonds is 4. The van der Waals surface area contributed by atoms with E-state index in [4.69, 9.17) is 4.42 Å². The lowest BCUT2D eigenvalue weighted by atomic mass is 10.2. The number of aromatic amines is 1. The van der Waals surface area contributed by atoms with Gasteiger partial charge in [0.05, 0.1) is 0 Å². The maximum absolute atomic E-state index is 12.4. The number of amides is 1. The molecule has 29 heavy (non-hydrogen) atoms. The van der Waals surface area contributed by atoms with Crippen molar-refractivity contribution in [2.75, 3.05) is 6.54 Å². The molecule has 0 saturated heterocycles. The molecule has 0 unspecified atom stereocenters. The minimum absolute atomic E-state index is 0.0930.